The van der Waals surface area contributed by atoms with Crippen LogP contribution in [0.2, 0.25) is 5.02 Å². The van der Waals surface area contributed by atoms with E-state index in [1.807, 2.05) is 36.4 Å². The van der Waals surface area contributed by atoms with E-state index in [0.717, 1.165) is 28.6 Å². The number of anilines is 1. The average molecular weight is 467 g/mol. The van der Waals surface area contributed by atoms with Crippen molar-refractivity contribution in [2.24, 2.45) is 0 Å². The SMILES string of the molecule is CCCn1nnc(NCc2cc(Br)c(OCc3ccccc3Cl)c(OC)c2)n1. The first-order valence-electron chi connectivity index (χ1n) is 8.85. The Labute approximate surface area is 177 Å². The van der Waals surface area contributed by atoms with E-state index < -0.39 is 0 Å². The van der Waals surface area contributed by atoms with Gasteiger partial charge in [0.1, 0.15) is 6.61 Å². The highest BCUT2D eigenvalue weighted by molar-refractivity contribution is 9.10. The number of tetrazole rings is 1. The highest BCUT2D eigenvalue weighted by Gasteiger charge is 2.13. The van der Waals surface area contributed by atoms with Crippen LogP contribution in [0.25, 0.3) is 0 Å². The van der Waals surface area contributed by atoms with E-state index in [1.54, 1.807) is 11.9 Å². The molecule has 1 aromatic heterocycles. The number of aryl methyl sites for hydroxylation is 1. The fourth-order valence-electron chi connectivity index (χ4n) is 2.57. The number of nitrogens with zero attached hydrogens (tertiary/aromatic N) is 4. The van der Waals surface area contributed by atoms with E-state index in [2.05, 4.69) is 43.6 Å². The van der Waals surface area contributed by atoms with Gasteiger partial charge in [0.05, 0.1) is 18.1 Å². The number of ether oxygens (including phenoxy) is 2. The van der Waals surface area contributed by atoms with Crippen molar-refractivity contribution in [3.05, 3.63) is 57.0 Å². The van der Waals surface area contributed by atoms with Crippen LogP contribution in [-0.2, 0) is 19.7 Å². The fourth-order valence-corrected chi connectivity index (χ4v) is 3.36. The summed E-state index contributed by atoms with van der Waals surface area (Å²) in [5, 5.41) is 16.1. The number of halogens is 2. The fraction of sp³-hybridized carbons (Fsp3) is 0.316. The van der Waals surface area contributed by atoms with Crippen LogP contribution in [0.1, 0.15) is 24.5 Å². The molecular formula is C19H21BrClN5O2. The first kappa shape index (κ1) is 20.4. The molecular weight excluding hydrogens is 446 g/mol. The molecule has 0 amide bonds. The summed E-state index contributed by atoms with van der Waals surface area (Å²) in [7, 11) is 1.61. The zero-order chi connectivity index (χ0) is 19.9. The van der Waals surface area contributed by atoms with E-state index in [0.29, 0.717) is 35.6 Å². The molecule has 148 valence electrons. The quantitative estimate of drug-likeness (QED) is 0.493. The van der Waals surface area contributed by atoms with Crippen molar-refractivity contribution in [2.75, 3.05) is 12.4 Å². The number of benzene rings is 2. The second-order valence-electron chi connectivity index (χ2n) is 6.05. The summed E-state index contributed by atoms with van der Waals surface area (Å²) in [4.78, 5) is 1.57. The second-order valence-corrected chi connectivity index (χ2v) is 7.31. The zero-order valence-electron chi connectivity index (χ0n) is 15.7. The lowest BCUT2D eigenvalue weighted by Crippen LogP contribution is -2.05. The van der Waals surface area contributed by atoms with Gasteiger partial charge in [-0.25, -0.2) is 0 Å². The first-order valence-corrected chi connectivity index (χ1v) is 10.0. The van der Waals surface area contributed by atoms with Gasteiger partial charge in [-0.15, -0.1) is 5.10 Å². The molecule has 0 saturated carbocycles. The minimum atomic E-state index is 0.344. The maximum atomic E-state index is 6.20. The summed E-state index contributed by atoms with van der Waals surface area (Å²) in [6, 6.07) is 11.5. The molecule has 0 spiro atoms. The van der Waals surface area contributed by atoms with Crippen LogP contribution in [0, 0.1) is 0 Å². The Morgan fingerprint density at radius 1 is 1.25 bits per heavy atom. The van der Waals surface area contributed by atoms with Gasteiger partial charge < -0.3 is 14.8 Å². The van der Waals surface area contributed by atoms with Crippen molar-refractivity contribution in [3.8, 4) is 11.5 Å². The summed E-state index contributed by atoms with van der Waals surface area (Å²) in [6.45, 7) is 3.68. The molecule has 3 rings (SSSR count). The van der Waals surface area contributed by atoms with Gasteiger partial charge in [0.15, 0.2) is 11.5 Å². The second kappa shape index (κ2) is 9.75. The Hall–Kier alpha value is -2.32. The van der Waals surface area contributed by atoms with Crippen LogP contribution in [0.5, 0.6) is 11.5 Å². The summed E-state index contributed by atoms with van der Waals surface area (Å²) in [6.07, 6.45) is 0.954. The zero-order valence-corrected chi connectivity index (χ0v) is 18.0. The lowest BCUT2D eigenvalue weighted by Gasteiger charge is -2.15. The largest absolute Gasteiger partial charge is 0.493 e. The number of hydrogen-bond donors (Lipinski definition) is 1. The summed E-state index contributed by atoms with van der Waals surface area (Å²) < 4.78 is 12.3. The van der Waals surface area contributed by atoms with Crippen LogP contribution in [0.3, 0.4) is 0 Å². The molecule has 28 heavy (non-hydrogen) atoms. The lowest BCUT2D eigenvalue weighted by atomic mass is 10.2. The molecule has 1 heterocycles. The number of aromatic nitrogens is 4. The van der Waals surface area contributed by atoms with E-state index >= 15 is 0 Å². The van der Waals surface area contributed by atoms with Gasteiger partial charge in [-0.2, -0.15) is 4.80 Å². The third kappa shape index (κ3) is 5.14. The Balaban J connectivity index is 1.69. The minimum absolute atomic E-state index is 0.344. The molecule has 0 aliphatic rings. The molecule has 0 fully saturated rings. The van der Waals surface area contributed by atoms with Crippen molar-refractivity contribution in [1.82, 2.24) is 20.2 Å². The average Bonchev–Trinajstić information content (AvgIpc) is 3.14. The molecule has 0 unspecified atom stereocenters. The predicted molar refractivity (Wildman–Crippen MR) is 112 cm³/mol. The van der Waals surface area contributed by atoms with Crippen LogP contribution >= 0.6 is 27.5 Å². The maximum absolute atomic E-state index is 6.20. The molecule has 7 nitrogen and oxygen atoms in total. The van der Waals surface area contributed by atoms with Gasteiger partial charge in [-0.1, -0.05) is 41.8 Å². The van der Waals surface area contributed by atoms with E-state index in [9.17, 15) is 0 Å². The van der Waals surface area contributed by atoms with Crippen LogP contribution < -0.4 is 14.8 Å². The van der Waals surface area contributed by atoms with Crippen LogP contribution in [0.4, 0.5) is 5.95 Å². The molecule has 0 radical (unpaired) electrons. The summed E-state index contributed by atoms with van der Waals surface area (Å²) in [5.41, 5.74) is 1.89. The van der Waals surface area contributed by atoms with Gasteiger partial charge in [0.25, 0.3) is 5.95 Å². The molecule has 0 bridgehead atoms. The molecule has 0 aliphatic heterocycles. The minimum Gasteiger partial charge on any atom is -0.493 e. The molecule has 2 aromatic carbocycles. The summed E-state index contributed by atoms with van der Waals surface area (Å²) in [5.74, 6) is 1.74. The highest BCUT2D eigenvalue weighted by atomic mass is 79.9. The predicted octanol–water partition coefficient (Wildman–Crippen LogP) is 4.70. The van der Waals surface area contributed by atoms with Crippen LogP contribution in [-0.4, -0.2) is 27.3 Å². The standard InChI is InChI=1S/C19H21BrClN5O2/c1-3-8-26-24-19(23-25-26)22-11-13-9-15(20)18(17(10-13)27-2)28-12-14-6-4-5-7-16(14)21/h4-7,9-10H,3,8,11-12H2,1-2H3,(H,22,24). The van der Waals surface area contributed by atoms with Gasteiger partial charge >= 0.3 is 0 Å². The Morgan fingerprint density at radius 2 is 2.07 bits per heavy atom. The molecule has 9 heteroatoms. The topological polar surface area (TPSA) is 74.1 Å². The maximum Gasteiger partial charge on any atom is 0.263 e. The first-order chi connectivity index (χ1) is 13.6. The van der Waals surface area contributed by atoms with E-state index in [4.69, 9.17) is 21.1 Å². The third-order valence-electron chi connectivity index (χ3n) is 3.95. The Kier molecular flexibility index (Phi) is 7.11. The smallest absolute Gasteiger partial charge is 0.263 e. The number of methoxy groups -OCH3 is 1. The summed E-state index contributed by atoms with van der Waals surface area (Å²) >= 11 is 9.77. The van der Waals surface area contributed by atoms with Crippen LogP contribution in [0.15, 0.2) is 40.9 Å². The number of rotatable bonds is 9. The molecule has 0 saturated heterocycles. The normalized spacial score (nSPS) is 10.7. The third-order valence-corrected chi connectivity index (χ3v) is 4.90. The molecule has 1 N–H and O–H groups in total. The van der Waals surface area contributed by atoms with Crippen molar-refractivity contribution < 1.29 is 9.47 Å². The van der Waals surface area contributed by atoms with Gasteiger partial charge in [-0.3, -0.25) is 0 Å². The van der Waals surface area contributed by atoms with E-state index in [-0.39, 0.29) is 0 Å². The van der Waals surface area contributed by atoms with Gasteiger partial charge in [-0.05, 0) is 51.3 Å². The Bertz CT molecular complexity index is 934. The number of nitrogens with one attached hydrogen (secondary N) is 1. The monoisotopic (exact) mass is 465 g/mol. The van der Waals surface area contributed by atoms with Crippen molar-refractivity contribution in [3.63, 3.8) is 0 Å². The molecule has 0 atom stereocenters. The van der Waals surface area contributed by atoms with Crippen molar-refractivity contribution >= 4 is 33.5 Å². The Morgan fingerprint density at radius 3 is 2.82 bits per heavy atom. The highest BCUT2D eigenvalue weighted by Crippen LogP contribution is 2.37. The van der Waals surface area contributed by atoms with Gasteiger partial charge in [0, 0.05) is 17.1 Å². The van der Waals surface area contributed by atoms with Crippen molar-refractivity contribution in [2.45, 2.75) is 33.0 Å². The van der Waals surface area contributed by atoms with Gasteiger partial charge in [0.2, 0.25) is 0 Å². The lowest BCUT2D eigenvalue weighted by molar-refractivity contribution is 0.282. The molecule has 0 aliphatic carbocycles. The van der Waals surface area contributed by atoms with E-state index in [1.165, 1.54) is 0 Å². The number of hydrogen-bond acceptors (Lipinski definition) is 6. The molecule has 3 aromatic rings. The van der Waals surface area contributed by atoms with Crippen molar-refractivity contribution in [1.29, 1.82) is 0 Å².